The quantitative estimate of drug-likeness (QED) is 0.828. The standard InChI is InChI=1S/C17H21ClN4O2/c1-2-3-9-19-17(23)22-10-5-8-14(22)16-20-15(21-24-16)12-6-4-7-13(18)11-12/h4,6-7,11,14H,2-3,5,8-10H2,1H3,(H,19,23). The van der Waals surface area contributed by atoms with E-state index in [2.05, 4.69) is 22.4 Å². The second-order valence-corrected chi connectivity index (χ2v) is 6.34. The molecule has 0 radical (unpaired) electrons. The van der Waals surface area contributed by atoms with Crippen LogP contribution in [-0.4, -0.2) is 34.2 Å². The van der Waals surface area contributed by atoms with Crippen molar-refractivity contribution in [2.75, 3.05) is 13.1 Å². The van der Waals surface area contributed by atoms with Gasteiger partial charge in [0, 0.05) is 23.7 Å². The highest BCUT2D eigenvalue weighted by molar-refractivity contribution is 6.30. The van der Waals surface area contributed by atoms with Gasteiger partial charge in [-0.25, -0.2) is 4.79 Å². The fraction of sp³-hybridized carbons (Fsp3) is 0.471. The molecule has 128 valence electrons. The number of urea groups is 1. The monoisotopic (exact) mass is 348 g/mol. The molecule has 0 spiro atoms. The first kappa shape index (κ1) is 16.8. The number of likely N-dealkylation sites (tertiary alicyclic amines) is 1. The number of unbranched alkanes of at least 4 members (excludes halogenated alkanes) is 1. The van der Waals surface area contributed by atoms with Gasteiger partial charge in [0.05, 0.1) is 0 Å². The molecule has 7 heteroatoms. The van der Waals surface area contributed by atoms with Crippen LogP contribution in [0.4, 0.5) is 4.79 Å². The van der Waals surface area contributed by atoms with Crippen LogP contribution in [0.15, 0.2) is 28.8 Å². The molecule has 0 bridgehead atoms. The first-order valence-electron chi connectivity index (χ1n) is 8.33. The number of carbonyl (C=O) groups is 1. The SMILES string of the molecule is CCCCNC(=O)N1CCCC1c1nc(-c2cccc(Cl)c2)no1. The van der Waals surface area contributed by atoms with Gasteiger partial charge in [-0.1, -0.05) is 42.2 Å². The number of hydrogen-bond donors (Lipinski definition) is 1. The highest BCUT2D eigenvalue weighted by Crippen LogP contribution is 2.32. The summed E-state index contributed by atoms with van der Waals surface area (Å²) in [7, 11) is 0. The van der Waals surface area contributed by atoms with Crippen LogP contribution < -0.4 is 5.32 Å². The Morgan fingerprint density at radius 3 is 3.17 bits per heavy atom. The molecule has 3 rings (SSSR count). The van der Waals surface area contributed by atoms with E-state index in [1.165, 1.54) is 0 Å². The van der Waals surface area contributed by atoms with Gasteiger partial charge >= 0.3 is 6.03 Å². The number of carbonyl (C=O) groups excluding carboxylic acids is 1. The normalized spacial score (nSPS) is 17.2. The highest BCUT2D eigenvalue weighted by Gasteiger charge is 2.34. The molecule has 0 aliphatic carbocycles. The fourth-order valence-electron chi connectivity index (χ4n) is 2.86. The Labute approximate surface area is 146 Å². The van der Waals surface area contributed by atoms with Crippen molar-refractivity contribution in [3.05, 3.63) is 35.2 Å². The summed E-state index contributed by atoms with van der Waals surface area (Å²) in [5, 5.41) is 7.61. The Morgan fingerprint density at radius 1 is 1.50 bits per heavy atom. The van der Waals surface area contributed by atoms with Crippen molar-refractivity contribution in [3.8, 4) is 11.4 Å². The summed E-state index contributed by atoms with van der Waals surface area (Å²) < 4.78 is 5.42. The third kappa shape index (κ3) is 3.70. The molecule has 1 aromatic heterocycles. The summed E-state index contributed by atoms with van der Waals surface area (Å²) >= 11 is 6.01. The van der Waals surface area contributed by atoms with Crippen LogP contribution in [0.3, 0.4) is 0 Å². The number of aromatic nitrogens is 2. The van der Waals surface area contributed by atoms with Crippen molar-refractivity contribution in [1.29, 1.82) is 0 Å². The Bertz CT molecular complexity index is 703. The third-order valence-corrected chi connectivity index (χ3v) is 4.36. The van der Waals surface area contributed by atoms with Gasteiger partial charge in [-0.05, 0) is 31.4 Å². The van der Waals surface area contributed by atoms with E-state index < -0.39 is 0 Å². The van der Waals surface area contributed by atoms with E-state index in [9.17, 15) is 4.79 Å². The molecule has 1 aliphatic rings. The van der Waals surface area contributed by atoms with Crippen LogP contribution in [0.5, 0.6) is 0 Å². The zero-order valence-electron chi connectivity index (χ0n) is 13.7. The molecule has 6 nitrogen and oxygen atoms in total. The van der Waals surface area contributed by atoms with E-state index in [-0.39, 0.29) is 12.1 Å². The zero-order chi connectivity index (χ0) is 16.9. The van der Waals surface area contributed by atoms with E-state index in [0.29, 0.717) is 29.8 Å². The molecule has 1 N–H and O–H groups in total. The Kier molecular flexibility index (Phi) is 5.35. The van der Waals surface area contributed by atoms with Gasteiger partial charge in [0.1, 0.15) is 6.04 Å². The average molecular weight is 349 g/mol. The van der Waals surface area contributed by atoms with Crippen molar-refractivity contribution in [2.24, 2.45) is 0 Å². The fourth-order valence-corrected chi connectivity index (χ4v) is 3.05. The number of benzene rings is 1. The van der Waals surface area contributed by atoms with Crippen LogP contribution >= 0.6 is 11.6 Å². The van der Waals surface area contributed by atoms with Crippen LogP contribution in [0.2, 0.25) is 5.02 Å². The lowest BCUT2D eigenvalue weighted by atomic mass is 10.2. The molecule has 0 saturated carbocycles. The van der Waals surface area contributed by atoms with Crippen molar-refractivity contribution < 1.29 is 9.32 Å². The van der Waals surface area contributed by atoms with Crippen molar-refractivity contribution in [3.63, 3.8) is 0 Å². The second-order valence-electron chi connectivity index (χ2n) is 5.90. The van der Waals surface area contributed by atoms with Gasteiger partial charge in [0.25, 0.3) is 0 Å². The second kappa shape index (κ2) is 7.66. The smallest absolute Gasteiger partial charge is 0.318 e. The summed E-state index contributed by atoms with van der Waals surface area (Å²) in [6, 6.07) is 7.09. The predicted molar refractivity (Wildman–Crippen MR) is 91.7 cm³/mol. The Hall–Kier alpha value is -2.08. The molecule has 1 aliphatic heterocycles. The lowest BCUT2D eigenvalue weighted by Gasteiger charge is -2.22. The van der Waals surface area contributed by atoms with Crippen LogP contribution in [0.25, 0.3) is 11.4 Å². The molecule has 1 atom stereocenters. The molecular formula is C17H21ClN4O2. The lowest BCUT2D eigenvalue weighted by molar-refractivity contribution is 0.180. The molecule has 1 fully saturated rings. The van der Waals surface area contributed by atoms with E-state index in [1.807, 2.05) is 12.1 Å². The van der Waals surface area contributed by atoms with Crippen molar-refractivity contribution in [1.82, 2.24) is 20.4 Å². The Balaban J connectivity index is 1.72. The van der Waals surface area contributed by atoms with E-state index in [4.69, 9.17) is 16.1 Å². The average Bonchev–Trinajstić information content (AvgIpc) is 3.24. The van der Waals surface area contributed by atoms with Gasteiger partial charge in [-0.2, -0.15) is 4.98 Å². The maximum absolute atomic E-state index is 12.3. The third-order valence-electron chi connectivity index (χ3n) is 4.13. The van der Waals surface area contributed by atoms with Crippen molar-refractivity contribution >= 4 is 17.6 Å². The van der Waals surface area contributed by atoms with Crippen molar-refractivity contribution in [2.45, 2.75) is 38.6 Å². The summed E-state index contributed by atoms with van der Waals surface area (Å²) in [5.41, 5.74) is 0.800. The Morgan fingerprint density at radius 2 is 2.38 bits per heavy atom. The molecule has 2 aromatic rings. The molecule has 24 heavy (non-hydrogen) atoms. The highest BCUT2D eigenvalue weighted by atomic mass is 35.5. The van der Waals surface area contributed by atoms with Gasteiger partial charge in [-0.15, -0.1) is 0 Å². The first-order valence-corrected chi connectivity index (χ1v) is 8.71. The molecular weight excluding hydrogens is 328 g/mol. The van der Waals surface area contributed by atoms with Crippen LogP contribution in [-0.2, 0) is 0 Å². The minimum Gasteiger partial charge on any atom is -0.338 e. The molecule has 1 saturated heterocycles. The largest absolute Gasteiger partial charge is 0.338 e. The van der Waals surface area contributed by atoms with Gasteiger partial charge < -0.3 is 14.7 Å². The molecule has 1 aromatic carbocycles. The maximum Gasteiger partial charge on any atom is 0.318 e. The van der Waals surface area contributed by atoms with Crippen LogP contribution in [0.1, 0.15) is 44.5 Å². The summed E-state index contributed by atoms with van der Waals surface area (Å²) in [6.45, 7) is 3.49. The summed E-state index contributed by atoms with van der Waals surface area (Å²) in [5.74, 6) is 0.971. The maximum atomic E-state index is 12.3. The number of amides is 2. The van der Waals surface area contributed by atoms with Gasteiger partial charge in [0.2, 0.25) is 11.7 Å². The summed E-state index contributed by atoms with van der Waals surface area (Å²) in [6.07, 6.45) is 3.79. The topological polar surface area (TPSA) is 71.3 Å². The molecule has 2 amide bonds. The van der Waals surface area contributed by atoms with E-state index in [1.54, 1.807) is 17.0 Å². The van der Waals surface area contributed by atoms with Crippen LogP contribution in [0, 0.1) is 0 Å². The number of rotatable bonds is 5. The number of hydrogen-bond acceptors (Lipinski definition) is 4. The van der Waals surface area contributed by atoms with Gasteiger partial charge in [-0.3, -0.25) is 0 Å². The first-order chi connectivity index (χ1) is 11.7. The lowest BCUT2D eigenvalue weighted by Crippen LogP contribution is -2.39. The minimum absolute atomic E-state index is 0.0616. The summed E-state index contributed by atoms with van der Waals surface area (Å²) in [4.78, 5) is 18.6. The number of nitrogens with zero attached hydrogens (tertiary/aromatic N) is 3. The minimum atomic E-state index is -0.160. The predicted octanol–water partition coefficient (Wildman–Crippen LogP) is 4.04. The van der Waals surface area contributed by atoms with Gasteiger partial charge in [0.15, 0.2) is 0 Å². The molecule has 1 unspecified atom stereocenters. The van der Waals surface area contributed by atoms with E-state index in [0.717, 1.165) is 31.2 Å². The van der Waals surface area contributed by atoms with E-state index >= 15 is 0 Å². The zero-order valence-corrected chi connectivity index (χ0v) is 14.4. The molecule has 2 heterocycles. The number of halogens is 1. The number of nitrogens with one attached hydrogen (secondary N) is 1.